The van der Waals surface area contributed by atoms with E-state index in [1.165, 1.54) is 5.56 Å². The van der Waals surface area contributed by atoms with Gasteiger partial charge in [0.1, 0.15) is 12.8 Å². The van der Waals surface area contributed by atoms with Crippen molar-refractivity contribution in [2.75, 3.05) is 0 Å². The molecule has 60 valence electrons. The van der Waals surface area contributed by atoms with E-state index < -0.39 is 0 Å². The van der Waals surface area contributed by atoms with Crippen molar-refractivity contribution in [2.24, 2.45) is 0 Å². The van der Waals surface area contributed by atoms with Crippen LogP contribution in [-0.2, 0) is 5.41 Å². The summed E-state index contributed by atoms with van der Waals surface area (Å²) >= 11 is 4.14. The molecule has 0 aliphatic carbocycles. The number of pyridine rings is 1. The number of rotatable bonds is 0. The highest BCUT2D eigenvalue weighted by Gasteiger charge is 2.13. The summed E-state index contributed by atoms with van der Waals surface area (Å²) in [6.45, 7) is 6.60. The largest absolute Gasteiger partial charge is 0.183 e. The Morgan fingerprint density at radius 2 is 1.64 bits per heavy atom. The van der Waals surface area contributed by atoms with Gasteiger partial charge in [-0.2, -0.15) is 0 Å². The molecule has 0 spiro atoms. The van der Waals surface area contributed by atoms with E-state index in [-0.39, 0.29) is 5.41 Å². The zero-order valence-electron chi connectivity index (χ0n) is 7.20. The maximum atomic E-state index is 4.14. The van der Waals surface area contributed by atoms with Gasteiger partial charge in [0.25, 0.3) is 0 Å². The molecular formula is C9H14NS+. The van der Waals surface area contributed by atoms with Crippen molar-refractivity contribution in [1.29, 1.82) is 0 Å². The van der Waals surface area contributed by atoms with Crippen LogP contribution in [0.1, 0.15) is 26.3 Å². The zero-order chi connectivity index (χ0) is 8.48. The molecule has 0 bridgehead atoms. The average Bonchev–Trinajstić information content (AvgIpc) is 1.86. The lowest BCUT2D eigenvalue weighted by atomic mass is 9.88. The molecule has 0 saturated carbocycles. The summed E-state index contributed by atoms with van der Waals surface area (Å²) in [5.74, 6) is 0. The first-order valence-corrected chi connectivity index (χ1v) is 4.11. The Kier molecular flexibility index (Phi) is 2.23. The number of aromatic nitrogens is 1. The minimum Gasteiger partial charge on any atom is -0.137 e. The van der Waals surface area contributed by atoms with Crippen LogP contribution in [-0.4, -0.2) is 0 Å². The van der Waals surface area contributed by atoms with Crippen molar-refractivity contribution in [3.05, 3.63) is 30.1 Å². The molecule has 2 heteroatoms. The molecule has 1 aromatic heterocycles. The van der Waals surface area contributed by atoms with E-state index in [2.05, 4.69) is 45.7 Å². The first-order chi connectivity index (χ1) is 5.00. The summed E-state index contributed by atoms with van der Waals surface area (Å²) in [5.41, 5.74) is 1.57. The molecule has 1 heterocycles. The molecular weight excluding hydrogens is 154 g/mol. The average molecular weight is 168 g/mol. The van der Waals surface area contributed by atoms with Crippen LogP contribution < -0.4 is 3.97 Å². The van der Waals surface area contributed by atoms with Crippen molar-refractivity contribution in [3.63, 3.8) is 0 Å². The number of hydrogen-bond donors (Lipinski definition) is 1. The van der Waals surface area contributed by atoms with Gasteiger partial charge in [0.2, 0.25) is 0 Å². The van der Waals surface area contributed by atoms with Crippen LogP contribution in [0.25, 0.3) is 0 Å². The lowest BCUT2D eigenvalue weighted by Gasteiger charge is -2.16. The van der Waals surface area contributed by atoms with Gasteiger partial charge < -0.3 is 0 Å². The predicted molar refractivity (Wildman–Crippen MR) is 49.7 cm³/mol. The molecule has 0 amide bonds. The fraction of sp³-hybridized carbons (Fsp3) is 0.444. The van der Waals surface area contributed by atoms with Gasteiger partial charge >= 0.3 is 0 Å². The monoisotopic (exact) mass is 168 g/mol. The van der Waals surface area contributed by atoms with Crippen LogP contribution in [0.2, 0.25) is 0 Å². The van der Waals surface area contributed by atoms with Gasteiger partial charge in [0.05, 0.1) is 0 Å². The minimum absolute atomic E-state index is 0.238. The van der Waals surface area contributed by atoms with E-state index >= 15 is 0 Å². The third-order valence-electron chi connectivity index (χ3n) is 1.68. The quantitative estimate of drug-likeness (QED) is 0.446. The van der Waals surface area contributed by atoms with E-state index in [9.17, 15) is 0 Å². The van der Waals surface area contributed by atoms with Gasteiger partial charge in [0.15, 0.2) is 12.4 Å². The predicted octanol–water partition coefficient (Wildman–Crippen LogP) is 1.96. The molecule has 1 nitrogen and oxygen atoms in total. The molecule has 0 atom stereocenters. The van der Waals surface area contributed by atoms with E-state index in [4.69, 9.17) is 0 Å². The highest BCUT2D eigenvalue weighted by molar-refractivity contribution is 7.73. The van der Waals surface area contributed by atoms with Gasteiger partial charge in [-0.15, -0.1) is 3.97 Å². The summed E-state index contributed by atoms with van der Waals surface area (Å²) in [6, 6.07) is 4.18. The van der Waals surface area contributed by atoms with Crippen LogP contribution in [0.15, 0.2) is 24.5 Å². The van der Waals surface area contributed by atoms with Crippen LogP contribution >= 0.6 is 12.8 Å². The SMILES string of the molecule is CC(C)(C)c1cc[n+](S)cc1. The summed E-state index contributed by atoms with van der Waals surface area (Å²) in [5, 5.41) is 0. The summed E-state index contributed by atoms with van der Waals surface area (Å²) in [4.78, 5) is 0. The normalized spacial score (nSPS) is 11.6. The van der Waals surface area contributed by atoms with Crippen LogP contribution in [0.3, 0.4) is 0 Å². The van der Waals surface area contributed by atoms with E-state index in [1.54, 1.807) is 3.97 Å². The third-order valence-corrected chi connectivity index (χ3v) is 1.95. The first kappa shape index (κ1) is 8.60. The summed E-state index contributed by atoms with van der Waals surface area (Å²) < 4.78 is 1.75. The molecule has 1 aromatic rings. The summed E-state index contributed by atoms with van der Waals surface area (Å²) in [6.07, 6.45) is 3.90. The molecule has 0 aliphatic heterocycles. The van der Waals surface area contributed by atoms with Crippen molar-refractivity contribution < 1.29 is 3.97 Å². The Bertz CT molecular complexity index is 233. The van der Waals surface area contributed by atoms with Crippen molar-refractivity contribution >= 4 is 12.8 Å². The maximum absolute atomic E-state index is 4.14. The van der Waals surface area contributed by atoms with Gasteiger partial charge in [-0.25, -0.2) is 0 Å². The van der Waals surface area contributed by atoms with Gasteiger partial charge in [-0.05, 0) is 11.0 Å². The fourth-order valence-electron chi connectivity index (χ4n) is 0.919. The van der Waals surface area contributed by atoms with Crippen molar-refractivity contribution in [3.8, 4) is 0 Å². The van der Waals surface area contributed by atoms with E-state index in [1.807, 2.05) is 12.4 Å². The van der Waals surface area contributed by atoms with Crippen LogP contribution in [0.5, 0.6) is 0 Å². The smallest absolute Gasteiger partial charge is 0.137 e. The molecule has 11 heavy (non-hydrogen) atoms. The van der Waals surface area contributed by atoms with Crippen LogP contribution in [0.4, 0.5) is 0 Å². The summed E-state index contributed by atoms with van der Waals surface area (Å²) in [7, 11) is 0. The zero-order valence-corrected chi connectivity index (χ0v) is 8.10. The standard InChI is InChI=1S/C9H14NS/c1-9(2,3)8-4-6-10(11)7-5-8/h4-7,11H,1-3H3/q+1. The van der Waals surface area contributed by atoms with Crippen molar-refractivity contribution in [1.82, 2.24) is 0 Å². The molecule has 0 aliphatic rings. The van der Waals surface area contributed by atoms with E-state index in [0.717, 1.165) is 0 Å². The Labute approximate surface area is 73.6 Å². The highest BCUT2D eigenvalue weighted by atomic mass is 32.1. The molecule has 1 rings (SSSR count). The molecule has 0 N–H and O–H groups in total. The second-order valence-corrected chi connectivity index (χ2v) is 4.18. The molecule has 0 aromatic carbocycles. The first-order valence-electron chi connectivity index (χ1n) is 3.71. The Morgan fingerprint density at radius 3 is 2.00 bits per heavy atom. The number of nitrogens with zero attached hydrogens (tertiary/aromatic N) is 1. The second-order valence-electron chi connectivity index (χ2n) is 3.72. The van der Waals surface area contributed by atoms with E-state index in [0.29, 0.717) is 0 Å². The topological polar surface area (TPSA) is 3.88 Å². The Balaban J connectivity index is 2.99. The lowest BCUT2D eigenvalue weighted by Crippen LogP contribution is -2.21. The minimum atomic E-state index is 0.238. The van der Waals surface area contributed by atoms with Crippen LogP contribution in [0, 0.1) is 0 Å². The lowest BCUT2D eigenvalue weighted by molar-refractivity contribution is -0.489. The Hall–Kier alpha value is -0.500. The van der Waals surface area contributed by atoms with Crippen molar-refractivity contribution in [2.45, 2.75) is 26.2 Å². The molecule has 0 fully saturated rings. The maximum Gasteiger partial charge on any atom is 0.183 e. The molecule has 0 unspecified atom stereocenters. The van der Waals surface area contributed by atoms with Gasteiger partial charge in [-0.3, -0.25) is 0 Å². The number of thiol groups is 1. The van der Waals surface area contributed by atoms with Gasteiger partial charge in [0, 0.05) is 12.1 Å². The second kappa shape index (κ2) is 2.86. The third kappa shape index (κ3) is 2.22. The number of hydrogen-bond acceptors (Lipinski definition) is 1. The fourth-order valence-corrected chi connectivity index (χ4v) is 1.05. The highest BCUT2D eigenvalue weighted by Crippen LogP contribution is 2.19. The van der Waals surface area contributed by atoms with Gasteiger partial charge in [-0.1, -0.05) is 20.8 Å². The molecule has 0 radical (unpaired) electrons. The molecule has 0 saturated heterocycles. The Morgan fingerprint density at radius 1 is 1.18 bits per heavy atom.